The van der Waals surface area contributed by atoms with E-state index in [1.165, 1.54) is 6.07 Å². The molecule has 0 aliphatic carbocycles. The minimum Gasteiger partial charge on any atom is -0.364 e. The molecule has 1 aliphatic rings. The fourth-order valence-electron chi connectivity index (χ4n) is 2.77. The van der Waals surface area contributed by atoms with Gasteiger partial charge in [-0.1, -0.05) is 6.07 Å². The zero-order valence-electron chi connectivity index (χ0n) is 12.5. The second-order valence-electron chi connectivity index (χ2n) is 5.42. The number of urea groups is 1. The van der Waals surface area contributed by atoms with Crippen LogP contribution in [0.15, 0.2) is 30.5 Å². The van der Waals surface area contributed by atoms with Crippen LogP contribution in [0.1, 0.15) is 41.5 Å². The van der Waals surface area contributed by atoms with Gasteiger partial charge in [-0.25, -0.2) is 9.78 Å². The third kappa shape index (κ3) is 3.31. The van der Waals surface area contributed by atoms with Gasteiger partial charge in [-0.2, -0.15) is 5.10 Å². The Morgan fingerprint density at radius 1 is 1.30 bits per heavy atom. The Morgan fingerprint density at radius 3 is 2.91 bits per heavy atom. The van der Waals surface area contributed by atoms with Crippen molar-refractivity contribution in [1.29, 1.82) is 0 Å². The number of anilines is 1. The summed E-state index contributed by atoms with van der Waals surface area (Å²) in [5, 5.41) is 9.62. The van der Waals surface area contributed by atoms with Gasteiger partial charge in [0.1, 0.15) is 11.5 Å². The SMILES string of the molecule is NC(=O)c1cccc(NC(=O)N2CCCCC2c2ccn[nH]2)n1. The number of primary amides is 1. The van der Waals surface area contributed by atoms with E-state index in [0.29, 0.717) is 12.4 Å². The van der Waals surface area contributed by atoms with E-state index >= 15 is 0 Å². The van der Waals surface area contributed by atoms with Gasteiger partial charge in [0.15, 0.2) is 0 Å². The van der Waals surface area contributed by atoms with Crippen molar-refractivity contribution >= 4 is 17.8 Å². The average Bonchev–Trinajstić information content (AvgIpc) is 3.09. The van der Waals surface area contributed by atoms with Crippen LogP contribution >= 0.6 is 0 Å². The molecule has 120 valence electrons. The lowest BCUT2D eigenvalue weighted by Gasteiger charge is -2.34. The number of nitrogens with zero attached hydrogens (tertiary/aromatic N) is 3. The van der Waals surface area contributed by atoms with Crippen LogP contribution in [0.5, 0.6) is 0 Å². The first-order chi connectivity index (χ1) is 11.1. The Balaban J connectivity index is 1.76. The number of amides is 3. The molecule has 0 saturated carbocycles. The number of likely N-dealkylation sites (tertiary alicyclic amines) is 1. The van der Waals surface area contributed by atoms with Crippen molar-refractivity contribution in [3.63, 3.8) is 0 Å². The van der Waals surface area contributed by atoms with Crippen LogP contribution in [0.3, 0.4) is 0 Å². The highest BCUT2D eigenvalue weighted by atomic mass is 16.2. The summed E-state index contributed by atoms with van der Waals surface area (Å²) >= 11 is 0. The van der Waals surface area contributed by atoms with Crippen LogP contribution in [-0.4, -0.2) is 38.6 Å². The van der Waals surface area contributed by atoms with Gasteiger partial charge in [-0.15, -0.1) is 0 Å². The molecule has 3 heterocycles. The highest BCUT2D eigenvalue weighted by Crippen LogP contribution is 2.29. The monoisotopic (exact) mass is 314 g/mol. The van der Waals surface area contributed by atoms with Crippen molar-refractivity contribution in [3.05, 3.63) is 41.9 Å². The maximum Gasteiger partial charge on any atom is 0.323 e. The van der Waals surface area contributed by atoms with Gasteiger partial charge in [-0.3, -0.25) is 15.2 Å². The van der Waals surface area contributed by atoms with Gasteiger partial charge < -0.3 is 10.6 Å². The zero-order chi connectivity index (χ0) is 16.2. The van der Waals surface area contributed by atoms with E-state index in [-0.39, 0.29) is 17.8 Å². The predicted molar refractivity (Wildman–Crippen MR) is 83.7 cm³/mol. The lowest BCUT2D eigenvalue weighted by Crippen LogP contribution is -2.41. The fourth-order valence-corrected chi connectivity index (χ4v) is 2.77. The molecule has 0 bridgehead atoms. The molecule has 0 spiro atoms. The summed E-state index contributed by atoms with van der Waals surface area (Å²) in [6.07, 6.45) is 4.57. The molecule has 1 fully saturated rings. The Morgan fingerprint density at radius 2 is 2.17 bits per heavy atom. The summed E-state index contributed by atoms with van der Waals surface area (Å²) in [4.78, 5) is 29.6. The number of rotatable bonds is 3. The minimum absolute atomic E-state index is 0.0365. The third-order valence-corrected chi connectivity index (χ3v) is 3.88. The number of carbonyl (C=O) groups excluding carboxylic acids is 2. The number of nitrogens with two attached hydrogens (primary N) is 1. The molecular weight excluding hydrogens is 296 g/mol. The molecule has 2 aromatic rings. The van der Waals surface area contributed by atoms with Crippen molar-refractivity contribution in [2.24, 2.45) is 5.73 Å². The van der Waals surface area contributed by atoms with Gasteiger partial charge >= 0.3 is 6.03 Å². The Kier molecular flexibility index (Phi) is 4.22. The van der Waals surface area contributed by atoms with Crippen LogP contribution in [0.2, 0.25) is 0 Å². The van der Waals surface area contributed by atoms with E-state index < -0.39 is 5.91 Å². The van der Waals surface area contributed by atoms with Crippen LogP contribution < -0.4 is 11.1 Å². The number of piperidine rings is 1. The lowest BCUT2D eigenvalue weighted by atomic mass is 10.00. The summed E-state index contributed by atoms with van der Waals surface area (Å²) in [5.41, 5.74) is 6.24. The molecular formula is C15H18N6O2. The van der Waals surface area contributed by atoms with E-state index in [4.69, 9.17) is 5.73 Å². The number of H-pyrrole nitrogens is 1. The van der Waals surface area contributed by atoms with Crippen LogP contribution in [0.25, 0.3) is 0 Å². The number of aromatic amines is 1. The first-order valence-corrected chi connectivity index (χ1v) is 7.49. The molecule has 23 heavy (non-hydrogen) atoms. The van der Waals surface area contributed by atoms with E-state index in [1.54, 1.807) is 23.2 Å². The Hall–Kier alpha value is -2.90. The average molecular weight is 314 g/mol. The van der Waals surface area contributed by atoms with Crippen molar-refractivity contribution in [2.75, 3.05) is 11.9 Å². The topological polar surface area (TPSA) is 117 Å². The molecule has 8 heteroatoms. The molecule has 3 amide bonds. The summed E-state index contributed by atoms with van der Waals surface area (Å²) in [6.45, 7) is 0.658. The summed E-state index contributed by atoms with van der Waals surface area (Å²) < 4.78 is 0. The Labute approximate surface area is 133 Å². The van der Waals surface area contributed by atoms with Gasteiger partial charge in [0, 0.05) is 12.7 Å². The van der Waals surface area contributed by atoms with Crippen molar-refractivity contribution in [2.45, 2.75) is 25.3 Å². The quantitative estimate of drug-likeness (QED) is 0.798. The molecule has 1 aliphatic heterocycles. The van der Waals surface area contributed by atoms with Crippen molar-refractivity contribution in [3.8, 4) is 0 Å². The first kappa shape index (κ1) is 15.0. The second kappa shape index (κ2) is 6.47. The number of carbonyl (C=O) groups is 2. The fraction of sp³-hybridized carbons (Fsp3) is 0.333. The van der Waals surface area contributed by atoms with E-state index in [0.717, 1.165) is 25.0 Å². The maximum absolute atomic E-state index is 12.6. The van der Waals surface area contributed by atoms with E-state index in [1.807, 2.05) is 6.07 Å². The Bertz CT molecular complexity index is 700. The highest BCUT2D eigenvalue weighted by molar-refractivity contribution is 5.92. The van der Waals surface area contributed by atoms with Crippen LogP contribution in [0, 0.1) is 0 Å². The third-order valence-electron chi connectivity index (χ3n) is 3.88. The van der Waals surface area contributed by atoms with Crippen molar-refractivity contribution < 1.29 is 9.59 Å². The number of hydrogen-bond donors (Lipinski definition) is 3. The molecule has 1 atom stereocenters. The molecule has 1 unspecified atom stereocenters. The van der Waals surface area contributed by atoms with Crippen LogP contribution in [0.4, 0.5) is 10.6 Å². The number of hydrogen-bond acceptors (Lipinski definition) is 4. The van der Waals surface area contributed by atoms with Gasteiger partial charge in [0.25, 0.3) is 5.91 Å². The summed E-state index contributed by atoms with van der Waals surface area (Å²) in [5.74, 6) is -0.324. The van der Waals surface area contributed by atoms with Gasteiger partial charge in [-0.05, 0) is 37.5 Å². The highest BCUT2D eigenvalue weighted by Gasteiger charge is 2.29. The van der Waals surface area contributed by atoms with Gasteiger partial charge in [0.2, 0.25) is 0 Å². The molecule has 4 N–H and O–H groups in total. The molecule has 0 aromatic carbocycles. The predicted octanol–water partition coefficient (Wildman–Crippen LogP) is 1.66. The minimum atomic E-state index is -0.630. The van der Waals surface area contributed by atoms with E-state index in [9.17, 15) is 9.59 Å². The van der Waals surface area contributed by atoms with Crippen molar-refractivity contribution in [1.82, 2.24) is 20.1 Å². The number of nitrogens with one attached hydrogen (secondary N) is 2. The lowest BCUT2D eigenvalue weighted by molar-refractivity contribution is 0.0995. The first-order valence-electron chi connectivity index (χ1n) is 7.49. The van der Waals surface area contributed by atoms with Gasteiger partial charge in [0.05, 0.1) is 11.7 Å². The smallest absolute Gasteiger partial charge is 0.323 e. The largest absolute Gasteiger partial charge is 0.364 e. The molecule has 8 nitrogen and oxygen atoms in total. The van der Waals surface area contributed by atoms with Crippen LogP contribution in [-0.2, 0) is 0 Å². The summed E-state index contributed by atoms with van der Waals surface area (Å²) in [6, 6.07) is 6.35. The summed E-state index contributed by atoms with van der Waals surface area (Å²) in [7, 11) is 0. The molecule has 2 aromatic heterocycles. The zero-order valence-corrected chi connectivity index (χ0v) is 12.5. The molecule has 0 radical (unpaired) electrons. The molecule has 3 rings (SSSR count). The standard InChI is InChI=1S/C15H18N6O2/c16-14(22)11-4-3-6-13(18-11)19-15(23)21-9-2-1-5-12(21)10-7-8-17-20-10/h3-4,6-8,12H,1-2,5,9H2,(H2,16,22)(H,17,20)(H,18,19,23). The maximum atomic E-state index is 12.6. The number of aromatic nitrogens is 3. The molecule has 1 saturated heterocycles. The normalized spacial score (nSPS) is 17.7. The second-order valence-corrected chi connectivity index (χ2v) is 5.42. The van der Waals surface area contributed by atoms with E-state index in [2.05, 4.69) is 20.5 Å². The number of pyridine rings is 1.